The summed E-state index contributed by atoms with van der Waals surface area (Å²) in [5.74, 6) is -0.279. The number of halogens is 1. The average Bonchev–Trinajstić information content (AvgIpc) is 2.21. The van der Waals surface area contributed by atoms with Crippen LogP contribution in [0.3, 0.4) is 0 Å². The minimum absolute atomic E-state index is 0.279. The highest BCUT2D eigenvalue weighted by atomic mass is 19.1. The van der Waals surface area contributed by atoms with Crippen LogP contribution in [0.1, 0.15) is 23.7 Å². The third-order valence-electron chi connectivity index (χ3n) is 2.43. The van der Waals surface area contributed by atoms with Gasteiger partial charge in [-0.2, -0.15) is 0 Å². The Morgan fingerprint density at radius 2 is 2.13 bits per heavy atom. The summed E-state index contributed by atoms with van der Waals surface area (Å²) >= 11 is 0. The number of hydrogen-bond donors (Lipinski definition) is 3. The van der Waals surface area contributed by atoms with Crippen molar-refractivity contribution in [2.24, 2.45) is 11.5 Å². The zero-order valence-electron chi connectivity index (χ0n) is 8.78. The average molecular weight is 212 g/mol. The van der Waals surface area contributed by atoms with E-state index in [2.05, 4.69) is 0 Å². The van der Waals surface area contributed by atoms with Gasteiger partial charge in [-0.3, -0.25) is 0 Å². The van der Waals surface area contributed by atoms with Gasteiger partial charge in [0.25, 0.3) is 0 Å². The minimum Gasteiger partial charge on any atom is -0.387 e. The van der Waals surface area contributed by atoms with E-state index in [4.69, 9.17) is 11.5 Å². The third-order valence-corrected chi connectivity index (χ3v) is 2.43. The fourth-order valence-corrected chi connectivity index (χ4v) is 1.45. The molecule has 0 saturated carbocycles. The van der Waals surface area contributed by atoms with E-state index in [1.54, 1.807) is 19.1 Å². The van der Waals surface area contributed by atoms with Crippen LogP contribution in [0.25, 0.3) is 0 Å². The largest absolute Gasteiger partial charge is 0.387 e. The second-order valence-electron chi connectivity index (χ2n) is 3.69. The highest BCUT2D eigenvalue weighted by molar-refractivity contribution is 5.26. The van der Waals surface area contributed by atoms with Crippen LogP contribution < -0.4 is 11.5 Å². The van der Waals surface area contributed by atoms with Gasteiger partial charge in [-0.15, -0.1) is 0 Å². The van der Waals surface area contributed by atoms with Gasteiger partial charge in [0.2, 0.25) is 0 Å². The summed E-state index contributed by atoms with van der Waals surface area (Å²) in [6.07, 6.45) is -0.245. The van der Waals surface area contributed by atoms with Crippen molar-refractivity contribution in [1.82, 2.24) is 0 Å². The molecule has 0 aliphatic carbocycles. The summed E-state index contributed by atoms with van der Waals surface area (Å²) in [4.78, 5) is 0. The fourth-order valence-electron chi connectivity index (χ4n) is 1.45. The van der Waals surface area contributed by atoms with Gasteiger partial charge in [-0.25, -0.2) is 4.39 Å². The molecule has 1 aromatic carbocycles. The quantitative estimate of drug-likeness (QED) is 0.692. The molecule has 2 atom stereocenters. The van der Waals surface area contributed by atoms with Crippen LogP contribution in [-0.2, 0) is 0 Å². The molecule has 0 radical (unpaired) electrons. The molecule has 0 heterocycles. The summed E-state index contributed by atoms with van der Waals surface area (Å²) in [5.41, 5.74) is 12.2. The molecule has 0 fully saturated rings. The molecule has 0 saturated heterocycles. The highest BCUT2D eigenvalue weighted by Gasteiger charge is 2.16. The fraction of sp³-hybridized carbons (Fsp3) is 0.455. The molecule has 5 N–H and O–H groups in total. The number of rotatable bonds is 4. The smallest absolute Gasteiger partial charge is 0.126 e. The number of hydrogen-bond acceptors (Lipinski definition) is 3. The summed E-state index contributed by atoms with van der Waals surface area (Å²) < 4.78 is 13.0. The Hall–Kier alpha value is -0.970. The Labute approximate surface area is 88.9 Å². The van der Waals surface area contributed by atoms with E-state index in [-0.39, 0.29) is 5.82 Å². The number of aryl methyl sites for hydroxylation is 1. The number of nitrogens with two attached hydrogens (primary N) is 2. The maximum atomic E-state index is 13.0. The maximum Gasteiger partial charge on any atom is 0.126 e. The normalized spacial score (nSPS) is 15.0. The molecular weight excluding hydrogens is 195 g/mol. The van der Waals surface area contributed by atoms with E-state index in [0.717, 1.165) is 0 Å². The molecule has 0 spiro atoms. The lowest BCUT2D eigenvalue weighted by Gasteiger charge is -2.18. The Morgan fingerprint density at radius 1 is 1.47 bits per heavy atom. The van der Waals surface area contributed by atoms with Crippen LogP contribution in [0.4, 0.5) is 4.39 Å². The van der Waals surface area contributed by atoms with Crippen molar-refractivity contribution in [3.63, 3.8) is 0 Å². The molecule has 84 valence electrons. The standard InChI is InChI=1S/C11H17FN2O/c1-7-6-8(2-3-9(7)12)11(15)10(14)4-5-13/h2-3,6,10-11,15H,4-5,13-14H2,1H3. The van der Waals surface area contributed by atoms with E-state index in [1.165, 1.54) is 6.07 Å². The molecule has 2 unspecified atom stereocenters. The lowest BCUT2D eigenvalue weighted by molar-refractivity contribution is 0.143. The van der Waals surface area contributed by atoms with Gasteiger partial charge in [0.05, 0.1) is 6.10 Å². The lowest BCUT2D eigenvalue weighted by atomic mass is 9.99. The zero-order valence-corrected chi connectivity index (χ0v) is 8.78. The van der Waals surface area contributed by atoms with Crippen molar-refractivity contribution in [3.8, 4) is 0 Å². The Balaban J connectivity index is 2.81. The molecule has 0 amide bonds. The van der Waals surface area contributed by atoms with Crippen LogP contribution >= 0.6 is 0 Å². The summed E-state index contributed by atoms with van der Waals surface area (Å²) in [7, 11) is 0. The summed E-state index contributed by atoms with van der Waals surface area (Å²) in [6.45, 7) is 2.08. The predicted octanol–water partition coefficient (Wildman–Crippen LogP) is 0.844. The van der Waals surface area contributed by atoms with Crippen molar-refractivity contribution < 1.29 is 9.50 Å². The first-order chi connectivity index (χ1) is 7.06. The summed E-state index contributed by atoms with van der Waals surface area (Å²) in [5, 5.41) is 9.83. The zero-order chi connectivity index (χ0) is 11.4. The Morgan fingerprint density at radius 3 is 2.67 bits per heavy atom. The van der Waals surface area contributed by atoms with Crippen molar-refractivity contribution >= 4 is 0 Å². The molecule has 0 aromatic heterocycles. The first-order valence-electron chi connectivity index (χ1n) is 4.96. The minimum atomic E-state index is -0.784. The summed E-state index contributed by atoms with van der Waals surface area (Å²) in [6, 6.07) is 4.09. The second kappa shape index (κ2) is 5.21. The third kappa shape index (κ3) is 2.99. The van der Waals surface area contributed by atoms with E-state index in [1.807, 2.05) is 0 Å². The monoisotopic (exact) mass is 212 g/mol. The van der Waals surface area contributed by atoms with Crippen LogP contribution in [0, 0.1) is 12.7 Å². The molecule has 4 heteroatoms. The highest BCUT2D eigenvalue weighted by Crippen LogP contribution is 2.19. The number of benzene rings is 1. The molecule has 15 heavy (non-hydrogen) atoms. The van der Waals surface area contributed by atoms with Crippen molar-refractivity contribution in [2.45, 2.75) is 25.5 Å². The van der Waals surface area contributed by atoms with Crippen LogP contribution in [0.5, 0.6) is 0 Å². The topological polar surface area (TPSA) is 72.3 Å². The van der Waals surface area contributed by atoms with Gasteiger partial charge >= 0.3 is 0 Å². The SMILES string of the molecule is Cc1cc(C(O)C(N)CCN)ccc1F. The van der Waals surface area contributed by atoms with Gasteiger partial charge < -0.3 is 16.6 Å². The van der Waals surface area contributed by atoms with E-state index in [9.17, 15) is 9.50 Å². The van der Waals surface area contributed by atoms with Gasteiger partial charge in [0.15, 0.2) is 0 Å². The second-order valence-corrected chi connectivity index (χ2v) is 3.69. The Kier molecular flexibility index (Phi) is 4.20. The predicted molar refractivity (Wildman–Crippen MR) is 57.7 cm³/mol. The van der Waals surface area contributed by atoms with Crippen molar-refractivity contribution in [1.29, 1.82) is 0 Å². The van der Waals surface area contributed by atoms with Gasteiger partial charge in [-0.05, 0) is 37.1 Å². The van der Waals surface area contributed by atoms with Crippen molar-refractivity contribution in [2.75, 3.05) is 6.54 Å². The van der Waals surface area contributed by atoms with Crippen LogP contribution in [0.15, 0.2) is 18.2 Å². The molecule has 0 aliphatic heterocycles. The van der Waals surface area contributed by atoms with Gasteiger partial charge in [0.1, 0.15) is 5.82 Å². The number of aliphatic hydroxyl groups is 1. The lowest BCUT2D eigenvalue weighted by Crippen LogP contribution is -2.30. The molecule has 3 nitrogen and oxygen atoms in total. The van der Waals surface area contributed by atoms with Crippen LogP contribution in [0.2, 0.25) is 0 Å². The number of aliphatic hydroxyl groups excluding tert-OH is 1. The first kappa shape index (κ1) is 12.1. The Bertz CT molecular complexity index is 330. The van der Waals surface area contributed by atoms with E-state index in [0.29, 0.717) is 24.1 Å². The maximum absolute atomic E-state index is 13.0. The molecular formula is C11H17FN2O. The van der Waals surface area contributed by atoms with Crippen LogP contribution in [-0.4, -0.2) is 17.7 Å². The van der Waals surface area contributed by atoms with Gasteiger partial charge in [-0.1, -0.05) is 12.1 Å². The van der Waals surface area contributed by atoms with Gasteiger partial charge in [0, 0.05) is 6.04 Å². The molecule has 0 aliphatic rings. The van der Waals surface area contributed by atoms with E-state index < -0.39 is 12.1 Å². The molecule has 1 rings (SSSR count). The molecule has 1 aromatic rings. The molecule has 0 bridgehead atoms. The van der Waals surface area contributed by atoms with E-state index >= 15 is 0 Å². The first-order valence-corrected chi connectivity index (χ1v) is 4.96. The van der Waals surface area contributed by atoms with Crippen molar-refractivity contribution in [3.05, 3.63) is 35.1 Å².